The number of halogens is 3. The van der Waals surface area contributed by atoms with Gasteiger partial charge in [-0.05, 0) is 72.7 Å². The van der Waals surface area contributed by atoms with E-state index < -0.39 is 32.6 Å². The molecule has 3 heterocycles. The summed E-state index contributed by atoms with van der Waals surface area (Å²) in [5.41, 5.74) is 1.74. The van der Waals surface area contributed by atoms with Crippen LogP contribution >= 0.6 is 0 Å². The Labute approximate surface area is 308 Å². The summed E-state index contributed by atoms with van der Waals surface area (Å²) in [6, 6.07) is 42.2. The Hall–Kier alpha value is -4.64. The van der Waals surface area contributed by atoms with Gasteiger partial charge in [-0.25, -0.2) is 8.42 Å². The Morgan fingerprint density at radius 2 is 1.40 bits per heavy atom. The molecule has 0 saturated carbocycles. The molecule has 3 aliphatic rings. The first-order chi connectivity index (χ1) is 25.6. The molecule has 0 radical (unpaired) electrons. The molecule has 53 heavy (non-hydrogen) atoms. The number of ether oxygens (including phenoxy) is 3. The highest BCUT2D eigenvalue weighted by Crippen LogP contribution is 2.64. The number of sulfone groups is 1. The smallest absolute Gasteiger partial charge is 0.489 e. The molecular weight excluding hydrogens is 700 g/mol. The largest absolute Gasteiger partial charge is 0.573 e. The molecule has 5 aromatic rings. The molecule has 10 heteroatoms. The van der Waals surface area contributed by atoms with E-state index in [2.05, 4.69) is 33.9 Å². The van der Waals surface area contributed by atoms with Crippen LogP contribution in [0.25, 0.3) is 0 Å². The molecule has 274 valence electrons. The third kappa shape index (κ3) is 6.62. The fourth-order valence-corrected chi connectivity index (χ4v) is 11.2. The molecule has 0 aliphatic carbocycles. The lowest BCUT2D eigenvalue weighted by atomic mass is 9.66. The van der Waals surface area contributed by atoms with Crippen LogP contribution in [0, 0.1) is 0 Å². The van der Waals surface area contributed by atoms with Crippen molar-refractivity contribution in [3.63, 3.8) is 0 Å². The Morgan fingerprint density at radius 1 is 0.774 bits per heavy atom. The van der Waals surface area contributed by atoms with Crippen LogP contribution in [0.5, 0.6) is 11.5 Å². The average Bonchev–Trinajstić information content (AvgIpc) is 3.71. The fraction of sp³-hybridized carbons (Fsp3) is 0.302. The van der Waals surface area contributed by atoms with E-state index >= 15 is 0 Å². The lowest BCUT2D eigenvalue weighted by molar-refractivity contribution is -0.274. The Kier molecular flexibility index (Phi) is 9.33. The van der Waals surface area contributed by atoms with Gasteiger partial charge in [-0.15, -0.1) is 13.2 Å². The number of alkyl halides is 3. The van der Waals surface area contributed by atoms with E-state index in [1.807, 2.05) is 72.8 Å². The normalized spacial score (nSPS) is 25.8. The maximum atomic E-state index is 14.6. The van der Waals surface area contributed by atoms with Crippen molar-refractivity contribution >= 4 is 9.84 Å². The summed E-state index contributed by atoms with van der Waals surface area (Å²) in [6.07, 6.45) is -2.98. The molecule has 0 aromatic heterocycles. The first-order valence-electron chi connectivity index (χ1n) is 17.9. The quantitative estimate of drug-likeness (QED) is 0.142. The number of piperidine rings is 1. The lowest BCUT2D eigenvalue weighted by Gasteiger charge is -2.56. The van der Waals surface area contributed by atoms with Gasteiger partial charge in [0.15, 0.2) is 9.84 Å². The van der Waals surface area contributed by atoms with E-state index in [0.29, 0.717) is 48.4 Å². The van der Waals surface area contributed by atoms with Gasteiger partial charge in [0.05, 0.1) is 27.9 Å². The topological polar surface area (TPSA) is 65.1 Å². The minimum Gasteiger partial charge on any atom is -0.489 e. The average molecular weight is 740 g/mol. The van der Waals surface area contributed by atoms with Gasteiger partial charge in [0.25, 0.3) is 0 Å². The molecule has 3 aliphatic heterocycles. The first-order valence-corrected chi connectivity index (χ1v) is 19.5. The van der Waals surface area contributed by atoms with Crippen molar-refractivity contribution < 1.29 is 35.8 Å². The highest BCUT2D eigenvalue weighted by molar-refractivity contribution is 7.92. The van der Waals surface area contributed by atoms with Crippen molar-refractivity contribution in [2.45, 2.75) is 78.4 Å². The van der Waals surface area contributed by atoms with E-state index in [9.17, 15) is 21.6 Å². The predicted molar refractivity (Wildman–Crippen MR) is 195 cm³/mol. The predicted octanol–water partition coefficient (Wildman–Crippen LogP) is 9.21. The van der Waals surface area contributed by atoms with Gasteiger partial charge < -0.3 is 14.2 Å². The van der Waals surface area contributed by atoms with Crippen molar-refractivity contribution in [3.8, 4) is 11.5 Å². The van der Waals surface area contributed by atoms with Crippen molar-refractivity contribution in [1.82, 2.24) is 4.90 Å². The minimum atomic E-state index is -4.87. The Balaban J connectivity index is 1.23. The number of hydrogen-bond acceptors (Lipinski definition) is 6. The van der Waals surface area contributed by atoms with Gasteiger partial charge >= 0.3 is 6.36 Å². The number of nitrogens with zero attached hydrogens (tertiary/aromatic N) is 1. The molecule has 2 bridgehead atoms. The summed E-state index contributed by atoms with van der Waals surface area (Å²) in [5.74, 6) is -0.241. The van der Waals surface area contributed by atoms with Crippen LogP contribution in [-0.4, -0.2) is 43.2 Å². The summed E-state index contributed by atoms with van der Waals surface area (Å²) >= 11 is 0. The lowest BCUT2D eigenvalue weighted by Crippen LogP contribution is -2.63. The first kappa shape index (κ1) is 35.4. The molecule has 0 N–H and O–H groups in total. The SMILES string of the molecule is O=S(=O)(c1ccccc1)C1CC2(c3ccccc3)N(Cc3ccccc3)C1CCC21CC(c2cc(OC(F)(F)F)ccc2OCc2ccccc2)CO1. The molecule has 1 spiro atoms. The van der Waals surface area contributed by atoms with E-state index in [1.54, 1.807) is 24.3 Å². The highest BCUT2D eigenvalue weighted by Gasteiger charge is 2.70. The van der Waals surface area contributed by atoms with Gasteiger partial charge in [0.2, 0.25) is 0 Å². The monoisotopic (exact) mass is 739 g/mol. The molecule has 0 amide bonds. The van der Waals surface area contributed by atoms with Crippen LogP contribution < -0.4 is 9.47 Å². The molecule has 8 rings (SSSR count). The van der Waals surface area contributed by atoms with Crippen molar-refractivity contribution in [2.24, 2.45) is 0 Å². The molecule has 5 unspecified atom stereocenters. The Morgan fingerprint density at radius 3 is 2.06 bits per heavy atom. The zero-order valence-electron chi connectivity index (χ0n) is 29.0. The van der Waals surface area contributed by atoms with Crippen molar-refractivity contribution in [2.75, 3.05) is 6.61 Å². The third-order valence-corrected chi connectivity index (χ3v) is 13.6. The number of benzene rings is 5. The third-order valence-electron chi connectivity index (χ3n) is 11.4. The van der Waals surface area contributed by atoms with Crippen LogP contribution in [0.3, 0.4) is 0 Å². The number of rotatable bonds is 10. The van der Waals surface area contributed by atoms with Crippen LogP contribution in [0.4, 0.5) is 13.2 Å². The fourth-order valence-electron chi connectivity index (χ4n) is 9.15. The number of fused-ring (bicyclic) bond motifs is 3. The van der Waals surface area contributed by atoms with E-state index in [1.165, 1.54) is 18.2 Å². The van der Waals surface area contributed by atoms with Crippen molar-refractivity contribution in [1.29, 1.82) is 0 Å². The van der Waals surface area contributed by atoms with Crippen LogP contribution in [0.1, 0.15) is 53.9 Å². The summed E-state index contributed by atoms with van der Waals surface area (Å²) in [4.78, 5) is 2.66. The van der Waals surface area contributed by atoms with Crippen LogP contribution in [-0.2, 0) is 33.3 Å². The van der Waals surface area contributed by atoms with Gasteiger partial charge in [0, 0.05) is 24.1 Å². The molecule has 5 atom stereocenters. The van der Waals surface area contributed by atoms with Gasteiger partial charge in [-0.3, -0.25) is 4.90 Å². The maximum Gasteiger partial charge on any atom is 0.573 e. The molecule has 3 saturated heterocycles. The second kappa shape index (κ2) is 14.0. The summed E-state index contributed by atoms with van der Waals surface area (Å²) in [6.45, 7) is 0.939. The van der Waals surface area contributed by atoms with Gasteiger partial charge in [0.1, 0.15) is 18.1 Å². The zero-order chi connectivity index (χ0) is 36.7. The summed E-state index contributed by atoms with van der Waals surface area (Å²) in [5, 5.41) is -0.718. The minimum absolute atomic E-state index is 0.214. The van der Waals surface area contributed by atoms with Crippen molar-refractivity contribution in [3.05, 3.63) is 162 Å². The number of hydrogen-bond donors (Lipinski definition) is 0. The van der Waals surface area contributed by atoms with Gasteiger partial charge in [-0.2, -0.15) is 0 Å². The van der Waals surface area contributed by atoms with Crippen LogP contribution in [0.15, 0.2) is 144 Å². The second-order valence-electron chi connectivity index (χ2n) is 14.3. The Bertz CT molecular complexity index is 2140. The molecule has 3 fully saturated rings. The zero-order valence-corrected chi connectivity index (χ0v) is 29.8. The summed E-state index contributed by atoms with van der Waals surface area (Å²) < 4.78 is 87.5. The maximum absolute atomic E-state index is 14.6. The summed E-state index contributed by atoms with van der Waals surface area (Å²) in [7, 11) is -3.78. The highest BCUT2D eigenvalue weighted by atomic mass is 32.2. The standard InChI is InChI=1S/C43H40F3NO5S/c44-43(45,46)52-35-21-22-39(50-29-32-15-7-2-8-16-32)37(25-35)33-26-41(51-30-33)24-23-38-40(53(48,49)36-19-11-4-12-20-36)27-42(41,34-17-9-3-10-18-34)47(38)28-31-13-5-1-6-14-31/h1-22,25,33,38,40H,23-24,26-30H2. The molecule has 5 aromatic carbocycles. The molecular formula is C43H40F3NO5S. The van der Waals surface area contributed by atoms with E-state index in [0.717, 1.165) is 16.7 Å². The van der Waals surface area contributed by atoms with Gasteiger partial charge in [-0.1, -0.05) is 109 Å². The second-order valence-corrected chi connectivity index (χ2v) is 16.4. The van der Waals surface area contributed by atoms with Crippen LogP contribution in [0.2, 0.25) is 0 Å². The van der Waals surface area contributed by atoms with E-state index in [4.69, 9.17) is 9.47 Å². The van der Waals surface area contributed by atoms with E-state index in [-0.39, 0.29) is 30.9 Å². The molecule has 6 nitrogen and oxygen atoms in total.